The summed E-state index contributed by atoms with van der Waals surface area (Å²) in [7, 11) is 0. The van der Waals surface area contributed by atoms with E-state index in [2.05, 4.69) is 6.92 Å². The van der Waals surface area contributed by atoms with Crippen LogP contribution < -0.4 is 15.4 Å². The molecule has 1 aromatic heterocycles. The average molecular weight is 508 g/mol. The monoisotopic (exact) mass is 508 g/mol. The quantitative estimate of drug-likeness (QED) is 0.218. The lowest BCUT2D eigenvalue weighted by molar-refractivity contribution is -0.765. The highest BCUT2D eigenvalue weighted by Crippen LogP contribution is 2.26. The van der Waals surface area contributed by atoms with E-state index in [-0.39, 0.29) is 18.1 Å². The molecule has 1 aromatic rings. The van der Waals surface area contributed by atoms with Gasteiger partial charge in [0.05, 0.1) is 0 Å². The number of aliphatic hydroxyl groups is 2. The molecular weight excluding hydrogens is 477 g/mol. The number of carboxylic acids is 1. The number of aliphatic hydroxyl groups excluding tert-OH is 2. The molecule has 4 atom stereocenters. The zero-order chi connectivity index (χ0) is 26.6. The molecule has 198 valence electrons. The number of primary amides is 1. The van der Waals surface area contributed by atoms with Crippen molar-refractivity contribution in [2.24, 2.45) is 5.73 Å². The third-order valence-electron chi connectivity index (χ3n) is 5.11. The van der Waals surface area contributed by atoms with Crippen LogP contribution in [0.5, 0.6) is 0 Å². The predicted octanol–water partition coefficient (Wildman–Crippen LogP) is 0.285. The van der Waals surface area contributed by atoms with Crippen LogP contribution in [-0.4, -0.2) is 59.2 Å². The van der Waals surface area contributed by atoms with Crippen molar-refractivity contribution in [1.29, 1.82) is 0 Å². The molecular formula is C22H31F3N2O8. The molecule has 0 aromatic carbocycles. The van der Waals surface area contributed by atoms with Crippen molar-refractivity contribution in [1.82, 2.24) is 0 Å². The molecule has 0 radical (unpaired) electrons. The SMILES string of the molecule is CCCCCCCCC(=O)OC[C@H]1O[C@@H]([n+]2cccc(C(N)=O)c2)[C@H](O)[C@@H]1O.O=C([O-])C(F)(F)F. The third-order valence-corrected chi connectivity index (χ3v) is 5.11. The van der Waals surface area contributed by atoms with Crippen molar-refractivity contribution in [3.05, 3.63) is 30.1 Å². The van der Waals surface area contributed by atoms with Gasteiger partial charge in [-0.2, -0.15) is 17.7 Å². The van der Waals surface area contributed by atoms with E-state index in [0.717, 1.165) is 19.3 Å². The summed E-state index contributed by atoms with van der Waals surface area (Å²) in [5.74, 6) is -3.96. The largest absolute Gasteiger partial charge is 0.542 e. The lowest BCUT2D eigenvalue weighted by Gasteiger charge is -2.13. The smallest absolute Gasteiger partial charge is 0.430 e. The van der Waals surface area contributed by atoms with Gasteiger partial charge in [-0.25, -0.2) is 0 Å². The van der Waals surface area contributed by atoms with Gasteiger partial charge in [-0.3, -0.25) is 9.59 Å². The van der Waals surface area contributed by atoms with Crippen LogP contribution in [0.2, 0.25) is 0 Å². The standard InChI is InChI=1S/C20H30N2O6.C2HF3O2/c1-2-3-4-5-6-7-10-16(23)27-13-15-17(24)18(25)20(28-15)22-11-8-9-14(12-22)19(21)26;3-2(4,5)1(6)7/h8-9,11-12,15,17-18,20,24-25H,2-7,10,13H2,1H3,(H-,21,26);(H,6,7)/t15-,17-,18-,20-;/m1./s1. The minimum Gasteiger partial charge on any atom is -0.542 e. The van der Waals surface area contributed by atoms with Crippen LogP contribution >= 0.6 is 0 Å². The van der Waals surface area contributed by atoms with Crippen molar-refractivity contribution >= 4 is 17.8 Å². The number of hydrogen-bond acceptors (Lipinski definition) is 8. The van der Waals surface area contributed by atoms with E-state index in [1.807, 2.05) is 0 Å². The minimum atomic E-state index is -5.19. The number of carbonyl (C=O) groups excluding carboxylic acids is 3. The Bertz CT molecular complexity index is 837. The lowest BCUT2D eigenvalue weighted by Crippen LogP contribution is -2.46. The second kappa shape index (κ2) is 14.6. The summed E-state index contributed by atoms with van der Waals surface area (Å²) in [6.07, 6.45) is 0.439. The first-order valence-electron chi connectivity index (χ1n) is 11.1. The fourth-order valence-electron chi connectivity index (χ4n) is 3.21. The van der Waals surface area contributed by atoms with E-state index in [9.17, 15) is 33.0 Å². The molecule has 2 rings (SSSR count). The van der Waals surface area contributed by atoms with Crippen LogP contribution in [-0.2, 0) is 19.1 Å². The fourth-order valence-corrected chi connectivity index (χ4v) is 3.21. The third kappa shape index (κ3) is 10.6. The first-order valence-corrected chi connectivity index (χ1v) is 11.1. The van der Waals surface area contributed by atoms with E-state index >= 15 is 0 Å². The molecule has 1 amide bonds. The van der Waals surface area contributed by atoms with E-state index in [4.69, 9.17) is 25.1 Å². The second-order valence-corrected chi connectivity index (χ2v) is 7.94. The topological polar surface area (TPSA) is 163 Å². The van der Waals surface area contributed by atoms with Gasteiger partial charge in [-0.1, -0.05) is 39.0 Å². The number of amides is 1. The number of alkyl halides is 3. The number of nitrogens with zero attached hydrogens (tertiary/aromatic N) is 1. The number of pyridine rings is 1. The van der Waals surface area contributed by atoms with Gasteiger partial charge in [0.1, 0.15) is 30.3 Å². The molecule has 0 aliphatic carbocycles. The van der Waals surface area contributed by atoms with Crippen LogP contribution in [0.1, 0.15) is 68.5 Å². The fraction of sp³-hybridized carbons (Fsp3) is 0.636. The number of hydrogen-bond donors (Lipinski definition) is 3. The molecule has 10 nitrogen and oxygen atoms in total. The lowest BCUT2D eigenvalue weighted by atomic mass is 10.1. The number of carbonyl (C=O) groups is 3. The average Bonchev–Trinajstić information content (AvgIpc) is 3.08. The number of ether oxygens (including phenoxy) is 2. The summed E-state index contributed by atoms with van der Waals surface area (Å²) in [6.45, 7) is 2.02. The maximum Gasteiger partial charge on any atom is 0.430 e. The number of unbranched alkanes of at least 4 members (excludes halogenated alkanes) is 5. The highest BCUT2D eigenvalue weighted by atomic mass is 19.4. The van der Waals surface area contributed by atoms with Crippen molar-refractivity contribution in [3.8, 4) is 0 Å². The summed E-state index contributed by atoms with van der Waals surface area (Å²) in [4.78, 5) is 32.0. The number of nitrogens with two attached hydrogens (primary N) is 1. The summed E-state index contributed by atoms with van der Waals surface area (Å²) in [5, 5.41) is 29.3. The maximum atomic E-state index is 11.9. The van der Waals surface area contributed by atoms with Crippen molar-refractivity contribution in [2.45, 2.75) is 82.6 Å². The number of aromatic nitrogens is 1. The molecule has 1 saturated heterocycles. The zero-order valence-electron chi connectivity index (χ0n) is 19.3. The summed E-state index contributed by atoms with van der Waals surface area (Å²) >= 11 is 0. The Hall–Kier alpha value is -2.77. The second-order valence-electron chi connectivity index (χ2n) is 7.94. The van der Waals surface area contributed by atoms with Crippen molar-refractivity contribution in [2.75, 3.05) is 6.61 Å². The Morgan fingerprint density at radius 1 is 1.14 bits per heavy atom. The van der Waals surface area contributed by atoms with Gasteiger partial charge in [-0.15, -0.1) is 0 Å². The molecule has 0 unspecified atom stereocenters. The van der Waals surface area contributed by atoms with Gasteiger partial charge < -0.3 is 35.3 Å². The number of aliphatic carboxylic acids is 1. The van der Waals surface area contributed by atoms with Crippen LogP contribution in [0, 0.1) is 0 Å². The molecule has 2 heterocycles. The Balaban J connectivity index is 0.000000762. The van der Waals surface area contributed by atoms with Gasteiger partial charge in [0.2, 0.25) is 0 Å². The number of halogens is 3. The molecule has 1 fully saturated rings. The molecule has 0 spiro atoms. The molecule has 1 aliphatic heterocycles. The van der Waals surface area contributed by atoms with Gasteiger partial charge in [0.15, 0.2) is 18.5 Å². The summed E-state index contributed by atoms with van der Waals surface area (Å²) in [5.41, 5.74) is 5.51. The highest BCUT2D eigenvalue weighted by Gasteiger charge is 2.48. The molecule has 13 heteroatoms. The van der Waals surface area contributed by atoms with E-state index in [0.29, 0.717) is 6.42 Å². The first kappa shape index (κ1) is 30.3. The van der Waals surface area contributed by atoms with Crippen LogP contribution in [0.15, 0.2) is 24.5 Å². The summed E-state index contributed by atoms with van der Waals surface area (Å²) < 4.78 is 43.9. The molecule has 1 aliphatic rings. The molecule has 35 heavy (non-hydrogen) atoms. The van der Waals surface area contributed by atoms with Crippen LogP contribution in [0.4, 0.5) is 13.2 Å². The van der Waals surface area contributed by atoms with Gasteiger partial charge in [0.25, 0.3) is 12.1 Å². The summed E-state index contributed by atoms with van der Waals surface area (Å²) in [6, 6.07) is 3.13. The first-order chi connectivity index (χ1) is 16.4. The van der Waals surface area contributed by atoms with Crippen LogP contribution in [0.25, 0.3) is 0 Å². The van der Waals surface area contributed by atoms with E-state index in [1.54, 1.807) is 12.3 Å². The van der Waals surface area contributed by atoms with Crippen molar-refractivity contribution in [3.63, 3.8) is 0 Å². The Morgan fingerprint density at radius 2 is 1.74 bits per heavy atom. The molecule has 4 N–H and O–H groups in total. The van der Waals surface area contributed by atoms with Gasteiger partial charge in [0, 0.05) is 12.5 Å². The number of rotatable bonds is 11. The highest BCUT2D eigenvalue weighted by molar-refractivity contribution is 5.92. The van der Waals surface area contributed by atoms with E-state index in [1.165, 1.54) is 36.1 Å². The van der Waals surface area contributed by atoms with E-state index < -0.39 is 42.6 Å². The number of carboxylic acid groups (broad SMARTS) is 1. The van der Waals surface area contributed by atoms with Crippen molar-refractivity contribution < 1.29 is 56.9 Å². The molecule has 0 saturated carbocycles. The van der Waals surface area contributed by atoms with Gasteiger partial charge in [-0.05, 0) is 12.5 Å². The van der Waals surface area contributed by atoms with Gasteiger partial charge >= 0.3 is 12.1 Å². The minimum absolute atomic E-state index is 0.139. The normalized spacial score (nSPS) is 21.7. The maximum absolute atomic E-state index is 11.9. The van der Waals surface area contributed by atoms with Crippen LogP contribution in [0.3, 0.4) is 0 Å². The number of esters is 1. The Kier molecular flexibility index (Phi) is 12.6. The molecule has 0 bridgehead atoms. The predicted molar refractivity (Wildman–Crippen MR) is 111 cm³/mol. The Labute approximate surface area is 200 Å². The Morgan fingerprint density at radius 3 is 2.31 bits per heavy atom. The zero-order valence-corrected chi connectivity index (χ0v) is 19.3.